The smallest absolute Gasteiger partial charge is 0.246 e. The average Bonchev–Trinajstić information content (AvgIpc) is 2.93. The van der Waals surface area contributed by atoms with E-state index in [4.69, 9.17) is 0 Å². The highest BCUT2D eigenvalue weighted by Crippen LogP contribution is 2.24. The molecule has 2 heterocycles. The Morgan fingerprint density at radius 1 is 1.43 bits per heavy atom. The van der Waals surface area contributed by atoms with Crippen molar-refractivity contribution < 1.29 is 8.42 Å². The third-order valence-electron chi connectivity index (χ3n) is 3.95. The third kappa shape index (κ3) is 4.05. The van der Waals surface area contributed by atoms with Crippen molar-refractivity contribution in [1.82, 2.24) is 19.4 Å². The number of rotatable bonds is 7. The van der Waals surface area contributed by atoms with Gasteiger partial charge in [-0.25, -0.2) is 8.42 Å². The molecule has 1 N–H and O–H groups in total. The largest absolute Gasteiger partial charge is 0.317 e. The van der Waals surface area contributed by atoms with Crippen LogP contribution in [0.1, 0.15) is 39.5 Å². The van der Waals surface area contributed by atoms with Crippen molar-refractivity contribution in [3.05, 3.63) is 12.4 Å². The Morgan fingerprint density at radius 3 is 2.95 bits per heavy atom. The molecule has 0 spiro atoms. The van der Waals surface area contributed by atoms with Crippen LogP contribution in [-0.2, 0) is 16.6 Å². The summed E-state index contributed by atoms with van der Waals surface area (Å²) >= 11 is 0. The van der Waals surface area contributed by atoms with E-state index in [0.717, 1.165) is 45.3 Å². The maximum atomic E-state index is 12.6. The molecular formula is C14H26N4O2S. The monoisotopic (exact) mass is 314 g/mol. The van der Waals surface area contributed by atoms with Gasteiger partial charge in [0.25, 0.3) is 0 Å². The summed E-state index contributed by atoms with van der Waals surface area (Å²) < 4.78 is 28.6. The van der Waals surface area contributed by atoms with Crippen LogP contribution in [0.25, 0.3) is 0 Å². The molecule has 1 atom stereocenters. The zero-order chi connectivity index (χ0) is 15.3. The van der Waals surface area contributed by atoms with E-state index in [1.807, 2.05) is 6.92 Å². The number of piperidine rings is 1. The van der Waals surface area contributed by atoms with E-state index in [-0.39, 0.29) is 6.04 Å². The molecule has 1 unspecified atom stereocenters. The summed E-state index contributed by atoms with van der Waals surface area (Å²) in [6, 6.07) is 0.0841. The van der Waals surface area contributed by atoms with Crippen LogP contribution < -0.4 is 5.32 Å². The molecule has 1 aromatic heterocycles. The molecule has 1 aliphatic rings. The van der Waals surface area contributed by atoms with Gasteiger partial charge in [0.2, 0.25) is 10.0 Å². The van der Waals surface area contributed by atoms with Gasteiger partial charge in [-0.15, -0.1) is 0 Å². The van der Waals surface area contributed by atoms with Crippen molar-refractivity contribution in [1.29, 1.82) is 0 Å². The van der Waals surface area contributed by atoms with Gasteiger partial charge in [0.05, 0.1) is 6.20 Å². The predicted molar refractivity (Wildman–Crippen MR) is 82.6 cm³/mol. The molecule has 0 aliphatic carbocycles. The maximum absolute atomic E-state index is 12.6. The molecule has 1 aliphatic heterocycles. The Labute approximate surface area is 127 Å². The van der Waals surface area contributed by atoms with E-state index in [1.165, 1.54) is 6.20 Å². The highest BCUT2D eigenvalue weighted by atomic mass is 32.2. The highest BCUT2D eigenvalue weighted by Gasteiger charge is 2.31. The molecule has 1 fully saturated rings. The van der Waals surface area contributed by atoms with Gasteiger partial charge < -0.3 is 5.32 Å². The van der Waals surface area contributed by atoms with E-state index in [2.05, 4.69) is 17.3 Å². The normalized spacial score (nSPS) is 20.8. The lowest BCUT2D eigenvalue weighted by Gasteiger charge is -2.31. The highest BCUT2D eigenvalue weighted by molar-refractivity contribution is 7.89. The minimum absolute atomic E-state index is 0.0841. The summed E-state index contributed by atoms with van der Waals surface area (Å²) in [6.07, 6.45) is 7.06. The van der Waals surface area contributed by atoms with Crippen LogP contribution in [-0.4, -0.2) is 48.2 Å². The molecular weight excluding hydrogens is 288 g/mol. The number of nitrogens with one attached hydrogen (secondary N) is 1. The Kier molecular flexibility index (Phi) is 5.78. The second-order valence-corrected chi connectivity index (χ2v) is 7.50. The minimum Gasteiger partial charge on any atom is -0.317 e. The van der Waals surface area contributed by atoms with E-state index >= 15 is 0 Å². The van der Waals surface area contributed by atoms with Crippen LogP contribution in [0.4, 0.5) is 0 Å². The second-order valence-electron chi connectivity index (χ2n) is 5.61. The van der Waals surface area contributed by atoms with Crippen LogP contribution in [0, 0.1) is 0 Å². The average molecular weight is 314 g/mol. The molecule has 2 rings (SSSR count). The summed E-state index contributed by atoms with van der Waals surface area (Å²) in [5, 5.41) is 7.43. The van der Waals surface area contributed by atoms with Crippen molar-refractivity contribution >= 4 is 10.0 Å². The second kappa shape index (κ2) is 7.38. The Morgan fingerprint density at radius 2 is 2.24 bits per heavy atom. The molecule has 21 heavy (non-hydrogen) atoms. The molecule has 6 nitrogen and oxygen atoms in total. The number of nitrogens with zero attached hydrogens (tertiary/aromatic N) is 3. The lowest BCUT2D eigenvalue weighted by molar-refractivity contribution is 0.268. The van der Waals surface area contributed by atoms with Crippen molar-refractivity contribution in [2.24, 2.45) is 0 Å². The third-order valence-corrected chi connectivity index (χ3v) is 5.92. The number of hydrogen-bond donors (Lipinski definition) is 1. The van der Waals surface area contributed by atoms with Crippen LogP contribution >= 0.6 is 0 Å². The van der Waals surface area contributed by atoms with E-state index in [9.17, 15) is 8.42 Å². The molecule has 0 aromatic carbocycles. The summed E-state index contributed by atoms with van der Waals surface area (Å²) in [5.41, 5.74) is 0. The first-order valence-corrected chi connectivity index (χ1v) is 9.24. The zero-order valence-corrected chi connectivity index (χ0v) is 13.8. The molecule has 7 heteroatoms. The van der Waals surface area contributed by atoms with Crippen molar-refractivity contribution in [3.8, 4) is 0 Å². The fourth-order valence-corrected chi connectivity index (χ4v) is 4.36. The van der Waals surface area contributed by atoms with Crippen LogP contribution in [0.5, 0.6) is 0 Å². The quantitative estimate of drug-likeness (QED) is 0.774. The van der Waals surface area contributed by atoms with Crippen molar-refractivity contribution in [3.63, 3.8) is 0 Å². The summed E-state index contributed by atoms with van der Waals surface area (Å²) in [6.45, 7) is 7.27. The molecule has 1 aromatic rings. The van der Waals surface area contributed by atoms with Gasteiger partial charge in [0.15, 0.2) is 0 Å². The fraction of sp³-hybridized carbons (Fsp3) is 0.786. The lowest BCUT2D eigenvalue weighted by atomic mass is 10.1. The van der Waals surface area contributed by atoms with Crippen molar-refractivity contribution in [2.75, 3.05) is 19.6 Å². The molecule has 0 saturated carbocycles. The van der Waals surface area contributed by atoms with E-state index in [0.29, 0.717) is 11.4 Å². The zero-order valence-electron chi connectivity index (χ0n) is 13.0. The SMILES string of the molecule is CCNCCCn1cc(S(=O)(=O)N2CCCCC2C)cn1. The lowest BCUT2D eigenvalue weighted by Crippen LogP contribution is -2.41. The first-order valence-electron chi connectivity index (χ1n) is 7.80. The molecule has 1 saturated heterocycles. The maximum Gasteiger partial charge on any atom is 0.246 e. The van der Waals surface area contributed by atoms with Crippen LogP contribution in [0.3, 0.4) is 0 Å². The fourth-order valence-electron chi connectivity index (χ4n) is 2.71. The Hall–Kier alpha value is -0.920. The first-order chi connectivity index (χ1) is 10.1. The Bertz CT molecular complexity index is 541. The minimum atomic E-state index is -3.39. The van der Waals surface area contributed by atoms with E-state index < -0.39 is 10.0 Å². The van der Waals surface area contributed by atoms with Gasteiger partial charge in [-0.3, -0.25) is 4.68 Å². The molecule has 0 amide bonds. The topological polar surface area (TPSA) is 67.2 Å². The number of sulfonamides is 1. The van der Waals surface area contributed by atoms with Gasteiger partial charge in [-0.05, 0) is 39.3 Å². The summed E-state index contributed by atoms with van der Waals surface area (Å²) in [7, 11) is -3.39. The van der Waals surface area contributed by atoms with Gasteiger partial charge in [0.1, 0.15) is 4.90 Å². The van der Waals surface area contributed by atoms with Crippen LogP contribution in [0.15, 0.2) is 17.3 Å². The van der Waals surface area contributed by atoms with E-state index in [1.54, 1.807) is 15.2 Å². The van der Waals surface area contributed by atoms with Crippen molar-refractivity contribution in [2.45, 2.75) is 57.0 Å². The molecule has 0 bridgehead atoms. The Balaban J connectivity index is 2.02. The molecule has 120 valence electrons. The summed E-state index contributed by atoms with van der Waals surface area (Å²) in [4.78, 5) is 0.319. The van der Waals surface area contributed by atoms with Gasteiger partial charge in [-0.2, -0.15) is 9.40 Å². The number of aromatic nitrogens is 2. The standard InChI is InChI=1S/C14H26N4O2S/c1-3-15-8-6-9-17-12-14(11-16-17)21(19,20)18-10-5-4-7-13(18)2/h11-13,15H,3-10H2,1-2H3. The molecule has 0 radical (unpaired) electrons. The first kappa shape index (κ1) is 16.5. The van der Waals surface area contributed by atoms with Gasteiger partial charge >= 0.3 is 0 Å². The summed E-state index contributed by atoms with van der Waals surface area (Å²) in [5.74, 6) is 0. The number of hydrogen-bond acceptors (Lipinski definition) is 4. The predicted octanol–water partition coefficient (Wildman–Crippen LogP) is 1.45. The van der Waals surface area contributed by atoms with Gasteiger partial charge in [0, 0.05) is 25.3 Å². The number of aryl methyl sites for hydroxylation is 1. The van der Waals surface area contributed by atoms with Crippen LogP contribution in [0.2, 0.25) is 0 Å². The van der Waals surface area contributed by atoms with Gasteiger partial charge in [-0.1, -0.05) is 13.3 Å².